The van der Waals surface area contributed by atoms with Gasteiger partial charge >= 0.3 is 0 Å². The zero-order chi connectivity index (χ0) is 18.1. The van der Waals surface area contributed by atoms with Crippen LogP contribution in [0.25, 0.3) is 0 Å². The fourth-order valence-corrected chi connectivity index (χ4v) is 5.67. The molecule has 0 spiro atoms. The van der Waals surface area contributed by atoms with Gasteiger partial charge in [-0.25, -0.2) is 21.6 Å². The van der Waals surface area contributed by atoms with Crippen LogP contribution in [0.5, 0.6) is 0 Å². The molecule has 0 aliphatic rings. The Morgan fingerprint density at radius 1 is 0.958 bits per heavy atom. The molecule has 2 aromatic rings. The van der Waals surface area contributed by atoms with Gasteiger partial charge in [0, 0.05) is 21.2 Å². The predicted octanol–water partition coefficient (Wildman–Crippen LogP) is 3.65. The van der Waals surface area contributed by atoms with Crippen LogP contribution in [-0.2, 0) is 19.9 Å². The highest BCUT2D eigenvalue weighted by molar-refractivity contribution is 9.11. The van der Waals surface area contributed by atoms with E-state index in [1.165, 1.54) is 18.2 Å². The first-order valence-corrected chi connectivity index (χ1v) is 11.7. The summed E-state index contributed by atoms with van der Waals surface area (Å²) in [5, 5.41) is 0. The molecule has 0 aliphatic carbocycles. The van der Waals surface area contributed by atoms with E-state index in [2.05, 4.69) is 36.6 Å². The molecule has 0 aliphatic heterocycles. The van der Waals surface area contributed by atoms with Crippen molar-refractivity contribution in [2.45, 2.75) is 22.8 Å². The van der Waals surface area contributed by atoms with Crippen LogP contribution in [0.4, 0.5) is 0 Å². The van der Waals surface area contributed by atoms with E-state index < -0.39 is 25.9 Å². The minimum atomic E-state index is -3.73. The summed E-state index contributed by atoms with van der Waals surface area (Å²) in [5.41, 5.74) is 0.666. The first-order chi connectivity index (χ1) is 11.0. The minimum absolute atomic E-state index is 0.130. The molecule has 1 unspecified atom stereocenters. The Morgan fingerprint density at radius 2 is 1.54 bits per heavy atom. The molecule has 24 heavy (non-hydrogen) atoms. The Balaban J connectivity index is 2.26. The molecule has 0 heterocycles. The maximum absolute atomic E-state index is 12.5. The summed E-state index contributed by atoms with van der Waals surface area (Å²) in [6, 6.07) is 10.4. The van der Waals surface area contributed by atoms with Gasteiger partial charge in [-0.1, -0.05) is 28.1 Å². The molecule has 0 fully saturated rings. The Bertz CT molecular complexity index is 955. The van der Waals surface area contributed by atoms with Crippen molar-refractivity contribution in [3.05, 3.63) is 57.0 Å². The molecule has 0 aromatic heterocycles. The number of rotatable bonds is 5. The predicted molar refractivity (Wildman–Crippen MR) is 100 cm³/mol. The lowest BCUT2D eigenvalue weighted by Crippen LogP contribution is -2.27. The molecule has 9 heteroatoms. The van der Waals surface area contributed by atoms with Gasteiger partial charge in [0.2, 0.25) is 10.0 Å². The average Bonchev–Trinajstić information content (AvgIpc) is 2.45. The second kappa shape index (κ2) is 7.25. The molecule has 0 bridgehead atoms. The third kappa shape index (κ3) is 4.66. The molecule has 5 nitrogen and oxygen atoms in total. The van der Waals surface area contributed by atoms with Gasteiger partial charge in [0.15, 0.2) is 9.84 Å². The van der Waals surface area contributed by atoms with E-state index in [4.69, 9.17) is 0 Å². The highest BCUT2D eigenvalue weighted by atomic mass is 79.9. The molecule has 0 saturated heterocycles. The van der Waals surface area contributed by atoms with Crippen LogP contribution in [0.15, 0.2) is 61.2 Å². The Labute approximate surface area is 158 Å². The van der Waals surface area contributed by atoms with Crippen molar-refractivity contribution in [1.29, 1.82) is 0 Å². The summed E-state index contributed by atoms with van der Waals surface area (Å²) in [5.74, 6) is 0. The van der Waals surface area contributed by atoms with Crippen LogP contribution in [0.3, 0.4) is 0 Å². The molecule has 1 N–H and O–H groups in total. The Morgan fingerprint density at radius 3 is 2.04 bits per heavy atom. The van der Waals surface area contributed by atoms with Crippen LogP contribution in [-0.4, -0.2) is 23.1 Å². The van der Waals surface area contributed by atoms with Crippen molar-refractivity contribution in [1.82, 2.24) is 4.72 Å². The second-order valence-corrected chi connectivity index (χ2v) is 10.7. The molecule has 2 aromatic carbocycles. The minimum Gasteiger partial charge on any atom is -0.224 e. The summed E-state index contributed by atoms with van der Waals surface area (Å²) in [4.78, 5) is 0.322. The van der Waals surface area contributed by atoms with Gasteiger partial charge in [0.05, 0.1) is 9.79 Å². The highest BCUT2D eigenvalue weighted by Crippen LogP contribution is 2.27. The molecule has 0 amide bonds. The fourth-order valence-electron chi connectivity index (χ4n) is 2.06. The summed E-state index contributed by atoms with van der Waals surface area (Å²) in [6.45, 7) is 1.69. The molecule has 0 saturated carbocycles. The monoisotopic (exact) mass is 495 g/mol. The summed E-state index contributed by atoms with van der Waals surface area (Å²) >= 11 is 6.52. The number of sulfone groups is 1. The lowest BCUT2D eigenvalue weighted by Gasteiger charge is -2.16. The maximum atomic E-state index is 12.5. The van der Waals surface area contributed by atoms with E-state index in [1.54, 1.807) is 31.2 Å². The summed E-state index contributed by atoms with van der Waals surface area (Å²) in [6.07, 6.45) is 1.12. The quantitative estimate of drug-likeness (QED) is 0.684. The largest absolute Gasteiger partial charge is 0.242 e. The van der Waals surface area contributed by atoms with E-state index in [0.717, 1.165) is 10.7 Å². The number of nitrogens with one attached hydrogen (secondary N) is 1. The van der Waals surface area contributed by atoms with Gasteiger partial charge in [0.1, 0.15) is 0 Å². The maximum Gasteiger partial charge on any atom is 0.242 e. The number of hydrogen-bond acceptors (Lipinski definition) is 4. The third-order valence-corrected chi connectivity index (χ3v) is 7.46. The first-order valence-electron chi connectivity index (χ1n) is 6.78. The lowest BCUT2D eigenvalue weighted by molar-refractivity contribution is 0.566. The molecular weight excluding hydrogens is 482 g/mol. The molecule has 2 rings (SSSR count). The van der Waals surface area contributed by atoms with Crippen LogP contribution >= 0.6 is 31.9 Å². The van der Waals surface area contributed by atoms with Crippen LogP contribution in [0.2, 0.25) is 0 Å². The van der Waals surface area contributed by atoms with Crippen molar-refractivity contribution in [3.63, 3.8) is 0 Å². The fraction of sp³-hybridized carbons (Fsp3) is 0.200. The van der Waals surface area contributed by atoms with Crippen LogP contribution in [0, 0.1) is 0 Å². The number of benzene rings is 2. The summed E-state index contributed by atoms with van der Waals surface area (Å²) in [7, 11) is -7.01. The van der Waals surface area contributed by atoms with Gasteiger partial charge in [-0.3, -0.25) is 0 Å². The van der Waals surface area contributed by atoms with Crippen molar-refractivity contribution in [2.75, 3.05) is 6.26 Å². The van der Waals surface area contributed by atoms with E-state index in [-0.39, 0.29) is 9.79 Å². The average molecular weight is 497 g/mol. The normalized spacial score (nSPS) is 13.7. The van der Waals surface area contributed by atoms with E-state index in [0.29, 0.717) is 10.0 Å². The topological polar surface area (TPSA) is 80.3 Å². The van der Waals surface area contributed by atoms with Crippen molar-refractivity contribution in [3.8, 4) is 0 Å². The second-order valence-electron chi connectivity index (χ2n) is 5.26. The number of halogens is 2. The van der Waals surface area contributed by atoms with E-state index in [9.17, 15) is 16.8 Å². The highest BCUT2D eigenvalue weighted by Gasteiger charge is 2.21. The number of hydrogen-bond donors (Lipinski definition) is 1. The first kappa shape index (κ1) is 19.6. The molecule has 0 radical (unpaired) electrons. The van der Waals surface area contributed by atoms with Gasteiger partial charge in [0.25, 0.3) is 0 Å². The summed E-state index contributed by atoms with van der Waals surface area (Å²) < 4.78 is 51.8. The van der Waals surface area contributed by atoms with Crippen molar-refractivity contribution >= 4 is 51.7 Å². The Hall–Kier alpha value is -0.740. The Kier molecular flexibility index (Phi) is 5.91. The van der Waals surface area contributed by atoms with Gasteiger partial charge < -0.3 is 0 Å². The van der Waals surface area contributed by atoms with E-state index >= 15 is 0 Å². The van der Waals surface area contributed by atoms with E-state index in [1.807, 2.05) is 0 Å². The van der Waals surface area contributed by atoms with Gasteiger partial charge in [-0.15, -0.1) is 0 Å². The van der Waals surface area contributed by atoms with Crippen molar-refractivity contribution < 1.29 is 16.8 Å². The lowest BCUT2D eigenvalue weighted by atomic mass is 10.1. The number of sulfonamides is 1. The molecule has 1 atom stereocenters. The van der Waals surface area contributed by atoms with Crippen molar-refractivity contribution in [2.24, 2.45) is 0 Å². The standard InChI is InChI=1S/C15H15Br2NO4S2/c1-10(11-3-6-13(7-4-11)23(2,19)20)18-24(21,22)15-8-5-12(16)9-14(15)17/h3-10,18H,1-2H3. The van der Waals surface area contributed by atoms with Gasteiger partial charge in [-0.05, 0) is 58.7 Å². The van der Waals surface area contributed by atoms with Crippen LogP contribution in [0.1, 0.15) is 18.5 Å². The molecular formula is C15H15Br2NO4S2. The SMILES string of the molecule is CC(NS(=O)(=O)c1ccc(Br)cc1Br)c1ccc(S(C)(=O)=O)cc1. The zero-order valence-corrected chi connectivity index (χ0v) is 17.6. The smallest absolute Gasteiger partial charge is 0.224 e. The molecule has 130 valence electrons. The zero-order valence-electron chi connectivity index (χ0n) is 12.8. The van der Waals surface area contributed by atoms with Crippen LogP contribution < -0.4 is 4.72 Å². The third-order valence-electron chi connectivity index (χ3n) is 3.32. The van der Waals surface area contributed by atoms with Gasteiger partial charge in [-0.2, -0.15) is 0 Å².